The van der Waals surface area contributed by atoms with Crippen LogP contribution in [0.25, 0.3) is 6.08 Å². The molecule has 1 atom stereocenters. The lowest BCUT2D eigenvalue weighted by Crippen LogP contribution is -2.45. The molecule has 0 aliphatic carbocycles. The van der Waals surface area contributed by atoms with E-state index >= 15 is 0 Å². The van der Waals surface area contributed by atoms with Gasteiger partial charge in [0.1, 0.15) is 0 Å². The molecule has 106 valence electrons. The van der Waals surface area contributed by atoms with Crippen molar-refractivity contribution in [2.45, 2.75) is 19.3 Å². The van der Waals surface area contributed by atoms with Crippen LogP contribution in [0, 0.1) is 5.41 Å². The zero-order valence-corrected chi connectivity index (χ0v) is 11.8. The number of likely N-dealkylation sites (tertiary alicyclic amines) is 1. The number of hydrogen-bond acceptors (Lipinski definition) is 2. The van der Waals surface area contributed by atoms with E-state index < -0.39 is 0 Å². The first-order valence-corrected chi connectivity index (χ1v) is 7.37. The summed E-state index contributed by atoms with van der Waals surface area (Å²) in [4.78, 5) is 14.3. The van der Waals surface area contributed by atoms with E-state index in [0.717, 1.165) is 44.7 Å². The van der Waals surface area contributed by atoms with Crippen LogP contribution in [0.15, 0.2) is 36.4 Å². The second-order valence-electron chi connectivity index (χ2n) is 5.91. The van der Waals surface area contributed by atoms with Crippen LogP contribution < -0.4 is 0 Å². The van der Waals surface area contributed by atoms with Crippen molar-refractivity contribution < 1.29 is 9.53 Å². The lowest BCUT2D eigenvalue weighted by Gasteiger charge is -2.39. The fraction of sp³-hybridized carbons (Fsp3) is 0.471. The van der Waals surface area contributed by atoms with E-state index in [1.54, 1.807) is 6.08 Å². The lowest BCUT2D eigenvalue weighted by atomic mass is 9.79. The molecule has 1 spiro atoms. The van der Waals surface area contributed by atoms with E-state index in [4.69, 9.17) is 4.74 Å². The van der Waals surface area contributed by atoms with Gasteiger partial charge < -0.3 is 9.64 Å². The van der Waals surface area contributed by atoms with Gasteiger partial charge in [-0.2, -0.15) is 0 Å². The van der Waals surface area contributed by atoms with Gasteiger partial charge in [0.05, 0.1) is 6.61 Å². The molecule has 2 saturated heterocycles. The number of amides is 1. The Balaban J connectivity index is 1.63. The largest absolute Gasteiger partial charge is 0.381 e. The van der Waals surface area contributed by atoms with Gasteiger partial charge in [0.2, 0.25) is 5.91 Å². The molecule has 0 unspecified atom stereocenters. The Morgan fingerprint density at radius 3 is 2.85 bits per heavy atom. The molecule has 0 radical (unpaired) electrons. The normalized spacial score (nSPS) is 26.5. The summed E-state index contributed by atoms with van der Waals surface area (Å²) in [6.07, 6.45) is 6.98. The predicted octanol–water partition coefficient (Wildman–Crippen LogP) is 2.73. The van der Waals surface area contributed by atoms with Crippen LogP contribution in [0.3, 0.4) is 0 Å². The Bertz CT molecular complexity index is 489. The van der Waals surface area contributed by atoms with Gasteiger partial charge in [-0.25, -0.2) is 0 Å². The van der Waals surface area contributed by atoms with Crippen LogP contribution in [0.5, 0.6) is 0 Å². The second-order valence-corrected chi connectivity index (χ2v) is 5.91. The third-order valence-corrected chi connectivity index (χ3v) is 4.38. The molecular formula is C17H21NO2. The number of hydrogen-bond donors (Lipinski definition) is 0. The van der Waals surface area contributed by atoms with E-state index in [2.05, 4.69) is 0 Å². The van der Waals surface area contributed by atoms with Crippen molar-refractivity contribution in [3.63, 3.8) is 0 Å². The molecule has 1 aromatic carbocycles. The smallest absolute Gasteiger partial charge is 0.246 e. The van der Waals surface area contributed by atoms with Crippen LogP contribution in [0.2, 0.25) is 0 Å². The summed E-state index contributed by atoms with van der Waals surface area (Å²) < 4.78 is 5.54. The number of carbonyl (C=O) groups excluding carboxylic acids is 1. The van der Waals surface area contributed by atoms with Crippen LogP contribution >= 0.6 is 0 Å². The van der Waals surface area contributed by atoms with Crippen molar-refractivity contribution in [2.75, 3.05) is 26.3 Å². The highest BCUT2D eigenvalue weighted by molar-refractivity contribution is 5.91. The maximum absolute atomic E-state index is 12.3. The first-order valence-electron chi connectivity index (χ1n) is 7.37. The molecule has 2 heterocycles. The molecule has 3 nitrogen and oxygen atoms in total. The minimum Gasteiger partial charge on any atom is -0.381 e. The van der Waals surface area contributed by atoms with Crippen molar-refractivity contribution in [2.24, 2.45) is 5.41 Å². The average Bonchev–Trinajstić information content (AvgIpc) is 2.93. The van der Waals surface area contributed by atoms with Gasteiger partial charge in [0.15, 0.2) is 0 Å². The molecule has 1 aromatic rings. The van der Waals surface area contributed by atoms with E-state index in [1.807, 2.05) is 41.3 Å². The fourth-order valence-electron chi connectivity index (χ4n) is 3.20. The number of nitrogens with zero attached hydrogens (tertiary/aromatic N) is 1. The van der Waals surface area contributed by atoms with Crippen LogP contribution in [0.4, 0.5) is 0 Å². The van der Waals surface area contributed by atoms with Crippen LogP contribution in [-0.2, 0) is 9.53 Å². The molecule has 0 N–H and O–H groups in total. The summed E-state index contributed by atoms with van der Waals surface area (Å²) in [6, 6.07) is 9.96. The van der Waals surface area contributed by atoms with Gasteiger partial charge in [-0.05, 0) is 30.9 Å². The van der Waals surface area contributed by atoms with Gasteiger partial charge in [0, 0.05) is 31.2 Å². The van der Waals surface area contributed by atoms with Gasteiger partial charge in [-0.1, -0.05) is 30.3 Å². The molecule has 0 saturated carbocycles. The highest BCUT2D eigenvalue weighted by Gasteiger charge is 2.39. The third-order valence-electron chi connectivity index (χ3n) is 4.38. The summed E-state index contributed by atoms with van der Waals surface area (Å²) in [5.41, 5.74) is 1.30. The molecular weight excluding hydrogens is 250 g/mol. The summed E-state index contributed by atoms with van der Waals surface area (Å²) >= 11 is 0. The molecule has 3 rings (SSSR count). The quantitative estimate of drug-likeness (QED) is 0.774. The van der Waals surface area contributed by atoms with Crippen molar-refractivity contribution in [1.29, 1.82) is 0 Å². The Morgan fingerprint density at radius 1 is 1.25 bits per heavy atom. The minimum atomic E-state index is 0.125. The number of benzene rings is 1. The van der Waals surface area contributed by atoms with Crippen LogP contribution in [-0.4, -0.2) is 37.1 Å². The maximum Gasteiger partial charge on any atom is 0.246 e. The Labute approximate surface area is 120 Å². The standard InChI is InChI=1S/C17H21NO2/c19-16(8-7-15-5-2-1-3-6-15)18-11-4-9-17(13-18)10-12-20-14-17/h1-3,5-8H,4,9-14H2/b8-7+/t17-/m0/s1. The molecule has 20 heavy (non-hydrogen) atoms. The second kappa shape index (κ2) is 5.80. The van der Waals surface area contributed by atoms with E-state index in [0.29, 0.717) is 0 Å². The van der Waals surface area contributed by atoms with Gasteiger partial charge in [0.25, 0.3) is 0 Å². The highest BCUT2D eigenvalue weighted by atomic mass is 16.5. The van der Waals surface area contributed by atoms with Crippen molar-refractivity contribution in [3.8, 4) is 0 Å². The van der Waals surface area contributed by atoms with Crippen molar-refractivity contribution >= 4 is 12.0 Å². The number of rotatable bonds is 2. The minimum absolute atomic E-state index is 0.125. The predicted molar refractivity (Wildman–Crippen MR) is 79.2 cm³/mol. The summed E-state index contributed by atoms with van der Waals surface area (Å²) in [5.74, 6) is 0.125. The summed E-state index contributed by atoms with van der Waals surface area (Å²) in [6.45, 7) is 3.39. The van der Waals surface area contributed by atoms with E-state index in [1.165, 1.54) is 6.42 Å². The van der Waals surface area contributed by atoms with Gasteiger partial charge >= 0.3 is 0 Å². The van der Waals surface area contributed by atoms with Gasteiger partial charge in [-0.15, -0.1) is 0 Å². The maximum atomic E-state index is 12.3. The molecule has 0 bridgehead atoms. The first-order chi connectivity index (χ1) is 9.77. The number of carbonyl (C=O) groups is 1. The number of ether oxygens (including phenoxy) is 1. The van der Waals surface area contributed by atoms with Crippen molar-refractivity contribution in [1.82, 2.24) is 4.90 Å². The first kappa shape index (κ1) is 13.4. The van der Waals surface area contributed by atoms with Crippen molar-refractivity contribution in [3.05, 3.63) is 42.0 Å². The SMILES string of the molecule is O=C(/C=C/c1ccccc1)N1CCC[C@]2(CCOC2)C1. The average molecular weight is 271 g/mol. The zero-order chi connectivity index (χ0) is 13.8. The highest BCUT2D eigenvalue weighted by Crippen LogP contribution is 2.37. The molecule has 2 aliphatic heterocycles. The third kappa shape index (κ3) is 2.93. The molecule has 0 aromatic heterocycles. The lowest BCUT2D eigenvalue weighted by molar-refractivity contribution is -0.129. The topological polar surface area (TPSA) is 29.5 Å². The number of piperidine rings is 1. The molecule has 1 amide bonds. The Hall–Kier alpha value is -1.61. The van der Waals surface area contributed by atoms with E-state index in [9.17, 15) is 4.79 Å². The fourth-order valence-corrected chi connectivity index (χ4v) is 3.20. The zero-order valence-electron chi connectivity index (χ0n) is 11.8. The van der Waals surface area contributed by atoms with Gasteiger partial charge in [-0.3, -0.25) is 4.79 Å². The summed E-state index contributed by atoms with van der Waals surface area (Å²) in [5, 5.41) is 0. The van der Waals surface area contributed by atoms with Crippen LogP contribution in [0.1, 0.15) is 24.8 Å². The Morgan fingerprint density at radius 2 is 2.10 bits per heavy atom. The molecule has 2 fully saturated rings. The summed E-state index contributed by atoms with van der Waals surface area (Å²) in [7, 11) is 0. The van der Waals surface area contributed by atoms with E-state index in [-0.39, 0.29) is 11.3 Å². The Kier molecular flexibility index (Phi) is 3.88. The monoisotopic (exact) mass is 271 g/mol. The molecule has 3 heteroatoms. The molecule has 2 aliphatic rings.